The number of nitrogens with two attached hydrogens (primary N) is 1. The number of hydrogen-bond acceptors (Lipinski definition) is 7. The van der Waals surface area contributed by atoms with Crippen LogP contribution in [0.5, 0.6) is 5.88 Å². The van der Waals surface area contributed by atoms with Gasteiger partial charge in [0, 0.05) is 30.2 Å². The predicted octanol–water partition coefficient (Wildman–Crippen LogP) is 4.67. The summed E-state index contributed by atoms with van der Waals surface area (Å²) in [6.07, 6.45) is 0.308. The summed E-state index contributed by atoms with van der Waals surface area (Å²) in [6, 6.07) is 8.22. The van der Waals surface area contributed by atoms with Gasteiger partial charge in [-0.1, -0.05) is 6.92 Å². The van der Waals surface area contributed by atoms with E-state index >= 15 is 0 Å². The van der Waals surface area contributed by atoms with Crippen LogP contribution >= 0.6 is 0 Å². The maximum atomic E-state index is 13.6. The van der Waals surface area contributed by atoms with Gasteiger partial charge in [-0.2, -0.15) is 4.98 Å². The molecule has 192 valence electrons. The smallest absolute Gasteiger partial charge is 0.308 e. The third-order valence-electron chi connectivity index (χ3n) is 5.53. The summed E-state index contributed by atoms with van der Waals surface area (Å²) in [5.41, 5.74) is 7.12. The standard InChI is InChI=1S/C25H23F3N6O3/c1-13(24(35)36)11-34-8-7-30-19(34)12-37-23-20(16-9-14(2)31-18(10-16)22(27)28)21(32-25(29)33-23)15-3-5-17(26)6-4-15/h3-10,13,22H,11-12H2,1-2H3,(H,35,36)(H2,29,32,33). The van der Waals surface area contributed by atoms with E-state index in [-0.39, 0.29) is 36.2 Å². The van der Waals surface area contributed by atoms with Crippen molar-refractivity contribution in [1.29, 1.82) is 0 Å². The van der Waals surface area contributed by atoms with E-state index in [0.29, 0.717) is 22.6 Å². The van der Waals surface area contributed by atoms with Crippen LogP contribution in [0.1, 0.15) is 30.6 Å². The molecule has 0 spiro atoms. The average molecular weight is 512 g/mol. The third kappa shape index (κ3) is 5.85. The van der Waals surface area contributed by atoms with Crippen molar-refractivity contribution in [2.45, 2.75) is 33.4 Å². The molecule has 0 fully saturated rings. The predicted molar refractivity (Wildman–Crippen MR) is 128 cm³/mol. The molecular weight excluding hydrogens is 489 g/mol. The molecule has 9 nitrogen and oxygen atoms in total. The molecule has 1 aromatic carbocycles. The fraction of sp³-hybridized carbons (Fsp3) is 0.240. The summed E-state index contributed by atoms with van der Waals surface area (Å²) in [7, 11) is 0. The van der Waals surface area contributed by atoms with E-state index in [1.54, 1.807) is 30.7 Å². The maximum Gasteiger partial charge on any atom is 0.308 e. The summed E-state index contributed by atoms with van der Waals surface area (Å²) in [6.45, 7) is 3.18. The van der Waals surface area contributed by atoms with Gasteiger partial charge in [0.2, 0.25) is 11.8 Å². The summed E-state index contributed by atoms with van der Waals surface area (Å²) in [5.74, 6) is -1.85. The van der Waals surface area contributed by atoms with Crippen LogP contribution < -0.4 is 10.5 Å². The van der Waals surface area contributed by atoms with Gasteiger partial charge < -0.3 is 20.1 Å². The number of pyridine rings is 1. The van der Waals surface area contributed by atoms with E-state index in [9.17, 15) is 23.1 Å². The number of ether oxygens (including phenoxy) is 1. The molecule has 1 atom stereocenters. The molecule has 0 aliphatic rings. The monoisotopic (exact) mass is 512 g/mol. The average Bonchev–Trinajstić information content (AvgIpc) is 3.29. The Balaban J connectivity index is 1.81. The number of nitrogen functional groups attached to an aromatic ring is 1. The van der Waals surface area contributed by atoms with E-state index in [1.807, 2.05) is 0 Å². The number of alkyl halides is 2. The molecule has 37 heavy (non-hydrogen) atoms. The van der Waals surface area contributed by atoms with Gasteiger partial charge in [-0.15, -0.1) is 0 Å². The molecule has 0 saturated heterocycles. The van der Waals surface area contributed by atoms with Crippen LogP contribution in [-0.4, -0.2) is 35.6 Å². The Kier molecular flexibility index (Phi) is 7.37. The highest BCUT2D eigenvalue weighted by Gasteiger charge is 2.22. The molecule has 0 aliphatic heterocycles. The highest BCUT2D eigenvalue weighted by atomic mass is 19.3. The number of aliphatic carboxylic acids is 1. The number of benzene rings is 1. The molecule has 0 radical (unpaired) electrons. The summed E-state index contributed by atoms with van der Waals surface area (Å²) < 4.78 is 48.4. The fourth-order valence-corrected chi connectivity index (χ4v) is 3.74. The number of hydrogen-bond donors (Lipinski definition) is 2. The second kappa shape index (κ2) is 10.6. The second-order valence-corrected chi connectivity index (χ2v) is 8.36. The molecule has 0 bridgehead atoms. The lowest BCUT2D eigenvalue weighted by molar-refractivity contribution is -0.141. The number of carboxylic acid groups (broad SMARTS) is 1. The second-order valence-electron chi connectivity index (χ2n) is 8.36. The van der Waals surface area contributed by atoms with Gasteiger partial charge in [-0.3, -0.25) is 9.78 Å². The first-order valence-electron chi connectivity index (χ1n) is 11.2. The van der Waals surface area contributed by atoms with Crippen LogP contribution in [0.3, 0.4) is 0 Å². The van der Waals surface area contributed by atoms with Crippen molar-refractivity contribution < 1.29 is 27.8 Å². The number of aryl methyl sites for hydroxylation is 1. The lowest BCUT2D eigenvalue weighted by Gasteiger charge is -2.17. The highest BCUT2D eigenvalue weighted by molar-refractivity contribution is 5.85. The van der Waals surface area contributed by atoms with Crippen LogP contribution in [0, 0.1) is 18.7 Å². The van der Waals surface area contributed by atoms with Gasteiger partial charge in [0.1, 0.15) is 23.9 Å². The van der Waals surface area contributed by atoms with Crippen LogP contribution in [0.4, 0.5) is 19.1 Å². The first kappa shape index (κ1) is 25.6. The minimum absolute atomic E-state index is 0.0153. The molecule has 1 unspecified atom stereocenters. The van der Waals surface area contributed by atoms with Gasteiger partial charge >= 0.3 is 5.97 Å². The van der Waals surface area contributed by atoms with Gasteiger partial charge in [-0.25, -0.2) is 23.1 Å². The van der Waals surface area contributed by atoms with E-state index in [4.69, 9.17) is 10.5 Å². The Labute approximate surface area is 209 Å². The number of carboxylic acids is 1. The van der Waals surface area contributed by atoms with Crippen molar-refractivity contribution in [3.8, 4) is 28.3 Å². The van der Waals surface area contributed by atoms with Crippen LogP contribution in [-0.2, 0) is 17.9 Å². The van der Waals surface area contributed by atoms with Crippen LogP contribution in [0.2, 0.25) is 0 Å². The van der Waals surface area contributed by atoms with Gasteiger partial charge in [0.15, 0.2) is 0 Å². The molecule has 3 N–H and O–H groups in total. The van der Waals surface area contributed by atoms with E-state index in [2.05, 4.69) is 19.9 Å². The van der Waals surface area contributed by atoms with Gasteiger partial charge in [0.25, 0.3) is 6.43 Å². The quantitative estimate of drug-likeness (QED) is 0.331. The van der Waals surface area contributed by atoms with E-state index < -0.39 is 29.8 Å². The number of anilines is 1. The number of imidazole rings is 1. The Morgan fingerprint density at radius 3 is 2.54 bits per heavy atom. The first-order chi connectivity index (χ1) is 17.6. The molecule has 12 heteroatoms. The van der Waals surface area contributed by atoms with Crippen molar-refractivity contribution >= 4 is 11.9 Å². The molecule has 0 aliphatic carbocycles. The number of carbonyl (C=O) groups is 1. The number of aromatic nitrogens is 5. The third-order valence-corrected chi connectivity index (χ3v) is 5.53. The van der Waals surface area contributed by atoms with E-state index in [0.717, 1.165) is 0 Å². The van der Waals surface area contributed by atoms with Gasteiger partial charge in [0.05, 0.1) is 17.2 Å². The molecule has 3 heterocycles. The Hall–Kier alpha value is -4.48. The Morgan fingerprint density at radius 2 is 1.86 bits per heavy atom. The van der Waals surface area contributed by atoms with Gasteiger partial charge in [-0.05, 0) is 48.9 Å². The van der Waals surface area contributed by atoms with Crippen LogP contribution in [0.25, 0.3) is 22.4 Å². The molecule has 4 rings (SSSR count). The molecule has 3 aromatic heterocycles. The Morgan fingerprint density at radius 1 is 1.14 bits per heavy atom. The zero-order valence-electron chi connectivity index (χ0n) is 19.9. The highest BCUT2D eigenvalue weighted by Crippen LogP contribution is 2.39. The maximum absolute atomic E-state index is 13.6. The zero-order valence-corrected chi connectivity index (χ0v) is 19.9. The van der Waals surface area contributed by atoms with Crippen molar-refractivity contribution in [1.82, 2.24) is 24.5 Å². The topological polar surface area (TPSA) is 129 Å². The lowest BCUT2D eigenvalue weighted by Crippen LogP contribution is -2.18. The molecule has 4 aromatic rings. The zero-order chi connectivity index (χ0) is 26.7. The molecule has 0 amide bonds. The van der Waals surface area contributed by atoms with Crippen molar-refractivity contribution in [2.75, 3.05) is 5.73 Å². The molecule has 0 saturated carbocycles. The fourth-order valence-electron chi connectivity index (χ4n) is 3.74. The number of nitrogens with zero attached hydrogens (tertiary/aromatic N) is 5. The van der Waals surface area contributed by atoms with Crippen LogP contribution in [0.15, 0.2) is 48.8 Å². The Bertz CT molecular complexity index is 1430. The van der Waals surface area contributed by atoms with Crippen molar-refractivity contribution in [2.24, 2.45) is 5.92 Å². The summed E-state index contributed by atoms with van der Waals surface area (Å²) in [5, 5.41) is 9.23. The summed E-state index contributed by atoms with van der Waals surface area (Å²) >= 11 is 0. The first-order valence-corrected chi connectivity index (χ1v) is 11.2. The largest absolute Gasteiger partial charge is 0.481 e. The molecular formula is C25H23F3N6O3. The minimum Gasteiger partial charge on any atom is -0.481 e. The lowest BCUT2D eigenvalue weighted by atomic mass is 9.99. The number of halogens is 3. The van der Waals surface area contributed by atoms with Crippen molar-refractivity contribution in [3.63, 3.8) is 0 Å². The number of rotatable bonds is 9. The van der Waals surface area contributed by atoms with E-state index in [1.165, 1.54) is 36.5 Å². The van der Waals surface area contributed by atoms with Crippen molar-refractivity contribution in [3.05, 3.63) is 71.8 Å². The minimum atomic E-state index is -2.82. The normalized spacial score (nSPS) is 12.1. The summed E-state index contributed by atoms with van der Waals surface area (Å²) in [4.78, 5) is 27.9. The SMILES string of the molecule is Cc1cc(-c2c(OCc3nccn3CC(C)C(=O)O)nc(N)nc2-c2ccc(F)cc2)cc(C(F)F)n1.